The molecule has 6 heteroatoms. The van der Waals surface area contributed by atoms with Crippen LogP contribution in [0.3, 0.4) is 0 Å². The third-order valence-corrected chi connectivity index (χ3v) is 9.08. The van der Waals surface area contributed by atoms with Crippen LogP contribution in [0, 0.1) is 0 Å². The summed E-state index contributed by atoms with van der Waals surface area (Å²) in [4.78, 5) is 11.4. The van der Waals surface area contributed by atoms with Gasteiger partial charge in [-0.1, -0.05) is 60.8 Å². The van der Waals surface area contributed by atoms with Gasteiger partial charge in [0.15, 0.2) is 0 Å². The van der Waals surface area contributed by atoms with Gasteiger partial charge in [0.25, 0.3) is 0 Å². The fourth-order valence-corrected chi connectivity index (χ4v) is 7.09. The Bertz CT molecular complexity index is 2390. The Kier molecular flexibility index (Phi) is 4.92. The van der Waals surface area contributed by atoms with E-state index in [2.05, 4.69) is 105 Å². The SMILES string of the molecule is C=Cc1ccc2c(c1)n(-c1ccc3c(c1)Sc1cc(-c4cccnc4)ccc1O3)c1ccc3nc4ccccc4n3c21. The van der Waals surface area contributed by atoms with E-state index in [0.29, 0.717) is 0 Å². The van der Waals surface area contributed by atoms with Crippen LogP contribution in [0.4, 0.5) is 0 Å². The first-order valence-electron chi connectivity index (χ1n) is 13.8. The summed E-state index contributed by atoms with van der Waals surface area (Å²) in [6.45, 7) is 4.04. The highest BCUT2D eigenvalue weighted by Crippen LogP contribution is 2.49. The average molecular weight is 559 g/mol. The van der Waals surface area contributed by atoms with E-state index >= 15 is 0 Å². The topological polar surface area (TPSA) is 44.3 Å². The van der Waals surface area contributed by atoms with Gasteiger partial charge in [0.05, 0.1) is 37.4 Å². The van der Waals surface area contributed by atoms with Crippen molar-refractivity contribution in [3.05, 3.63) is 128 Å². The zero-order valence-electron chi connectivity index (χ0n) is 22.4. The first-order valence-corrected chi connectivity index (χ1v) is 14.6. The molecular weight excluding hydrogens is 536 g/mol. The molecule has 5 nitrogen and oxygen atoms in total. The molecule has 9 rings (SSSR count). The number of aromatic nitrogens is 4. The highest BCUT2D eigenvalue weighted by molar-refractivity contribution is 7.99. The number of pyridine rings is 2. The van der Waals surface area contributed by atoms with Crippen LogP contribution in [0.1, 0.15) is 5.56 Å². The highest BCUT2D eigenvalue weighted by Gasteiger charge is 2.22. The van der Waals surface area contributed by atoms with E-state index in [0.717, 1.165) is 82.3 Å². The third kappa shape index (κ3) is 3.39. The fraction of sp³-hybridized carbons (Fsp3) is 0. The molecule has 42 heavy (non-hydrogen) atoms. The molecule has 4 aromatic heterocycles. The number of benzene rings is 4. The van der Waals surface area contributed by atoms with Gasteiger partial charge in [-0.2, -0.15) is 0 Å². The summed E-state index contributed by atoms with van der Waals surface area (Å²) in [5.74, 6) is 1.73. The van der Waals surface area contributed by atoms with E-state index < -0.39 is 0 Å². The first-order chi connectivity index (χ1) is 20.7. The second-order valence-corrected chi connectivity index (χ2v) is 11.5. The van der Waals surface area contributed by atoms with Crippen molar-refractivity contribution < 1.29 is 4.74 Å². The summed E-state index contributed by atoms with van der Waals surface area (Å²) in [5.41, 5.74) is 10.7. The van der Waals surface area contributed by atoms with Gasteiger partial charge in [0.2, 0.25) is 0 Å². The minimum absolute atomic E-state index is 0.862. The maximum absolute atomic E-state index is 6.38. The number of imidazole rings is 1. The molecule has 0 saturated heterocycles. The summed E-state index contributed by atoms with van der Waals surface area (Å²) in [7, 11) is 0. The monoisotopic (exact) mass is 558 g/mol. The Balaban J connectivity index is 1.26. The van der Waals surface area contributed by atoms with Gasteiger partial charge < -0.3 is 9.30 Å². The number of hydrogen-bond donors (Lipinski definition) is 0. The standard InChI is InChI=1S/C36H22N4OS/c1-2-22-9-12-26-30(18-22)39(29-13-16-35-38-27-7-3-4-8-28(27)40(35)36(26)29)25-11-15-32-34(20-25)42-33-19-23(10-14-31(33)41-32)24-6-5-17-37-21-24/h2-21H,1H2. The van der Waals surface area contributed by atoms with Gasteiger partial charge in [-0.3, -0.25) is 9.38 Å². The Labute approximate surface area is 245 Å². The quantitative estimate of drug-likeness (QED) is 0.217. The summed E-state index contributed by atoms with van der Waals surface area (Å²) >= 11 is 1.74. The molecule has 4 aromatic carbocycles. The molecule has 0 bridgehead atoms. The van der Waals surface area contributed by atoms with Gasteiger partial charge in [-0.15, -0.1) is 0 Å². The zero-order valence-corrected chi connectivity index (χ0v) is 23.2. The molecule has 0 radical (unpaired) electrons. The minimum atomic E-state index is 0.862. The van der Waals surface area contributed by atoms with Crippen LogP contribution < -0.4 is 4.74 Å². The van der Waals surface area contributed by atoms with Crippen LogP contribution in [0.25, 0.3) is 61.5 Å². The van der Waals surface area contributed by atoms with E-state index in [1.807, 2.05) is 30.5 Å². The van der Waals surface area contributed by atoms with Crippen LogP contribution >= 0.6 is 11.8 Å². The molecule has 1 aliphatic heterocycles. The second kappa shape index (κ2) is 8.83. The third-order valence-electron chi connectivity index (χ3n) is 8.00. The minimum Gasteiger partial charge on any atom is -0.455 e. The molecule has 1 aliphatic rings. The number of hydrogen-bond acceptors (Lipinski definition) is 4. The number of nitrogens with zero attached hydrogens (tertiary/aromatic N) is 4. The molecule has 0 spiro atoms. The van der Waals surface area contributed by atoms with Crippen LogP contribution in [0.5, 0.6) is 11.5 Å². The normalized spacial score (nSPS) is 12.5. The zero-order chi connectivity index (χ0) is 27.8. The molecule has 0 fully saturated rings. The predicted octanol–water partition coefficient (Wildman–Crippen LogP) is 9.55. The summed E-state index contributed by atoms with van der Waals surface area (Å²) in [6, 6.07) is 36.0. The first kappa shape index (κ1) is 23.4. The number of fused-ring (bicyclic) bond motifs is 9. The summed E-state index contributed by atoms with van der Waals surface area (Å²) in [6.07, 6.45) is 5.59. The van der Waals surface area contributed by atoms with Gasteiger partial charge in [0.1, 0.15) is 17.1 Å². The lowest BCUT2D eigenvalue weighted by molar-refractivity contribution is 0.454. The van der Waals surface area contributed by atoms with Crippen LogP contribution in [0.15, 0.2) is 132 Å². The number of rotatable bonds is 3. The Morgan fingerprint density at radius 2 is 1.62 bits per heavy atom. The van der Waals surface area contributed by atoms with E-state index in [-0.39, 0.29) is 0 Å². The largest absolute Gasteiger partial charge is 0.455 e. The van der Waals surface area contributed by atoms with Gasteiger partial charge in [-0.05, 0) is 77.9 Å². The van der Waals surface area contributed by atoms with E-state index in [1.54, 1.807) is 18.0 Å². The molecule has 0 saturated carbocycles. The summed E-state index contributed by atoms with van der Waals surface area (Å²) < 4.78 is 11.0. The molecule has 0 N–H and O–H groups in total. The van der Waals surface area contributed by atoms with Crippen molar-refractivity contribution in [3.63, 3.8) is 0 Å². The van der Waals surface area contributed by atoms with Crippen molar-refractivity contribution in [2.75, 3.05) is 0 Å². The second-order valence-electron chi connectivity index (χ2n) is 10.4. The molecule has 0 unspecified atom stereocenters. The van der Waals surface area contributed by atoms with Crippen molar-refractivity contribution in [2.45, 2.75) is 9.79 Å². The summed E-state index contributed by atoms with van der Waals surface area (Å²) in [5, 5.41) is 1.16. The highest BCUT2D eigenvalue weighted by atomic mass is 32.2. The van der Waals surface area contributed by atoms with Crippen LogP contribution in [-0.4, -0.2) is 18.9 Å². The average Bonchev–Trinajstić information content (AvgIpc) is 3.58. The lowest BCUT2D eigenvalue weighted by Gasteiger charge is -2.21. The smallest absolute Gasteiger partial charge is 0.141 e. The van der Waals surface area contributed by atoms with Gasteiger partial charge >= 0.3 is 0 Å². The molecule has 0 atom stereocenters. The number of para-hydroxylation sites is 2. The maximum atomic E-state index is 6.38. The van der Waals surface area contributed by atoms with Gasteiger partial charge in [0, 0.05) is 29.0 Å². The van der Waals surface area contributed by atoms with Crippen LogP contribution in [0.2, 0.25) is 0 Å². The van der Waals surface area contributed by atoms with Crippen molar-refractivity contribution >= 4 is 56.5 Å². The van der Waals surface area contributed by atoms with Gasteiger partial charge in [-0.25, -0.2) is 4.98 Å². The van der Waals surface area contributed by atoms with E-state index in [1.165, 1.54) is 0 Å². The predicted molar refractivity (Wildman–Crippen MR) is 171 cm³/mol. The number of ether oxygens (including phenoxy) is 1. The Morgan fingerprint density at radius 1 is 0.738 bits per heavy atom. The van der Waals surface area contributed by atoms with Crippen molar-refractivity contribution in [2.24, 2.45) is 0 Å². The molecule has 0 amide bonds. The van der Waals surface area contributed by atoms with E-state index in [9.17, 15) is 0 Å². The molecule has 198 valence electrons. The lowest BCUT2D eigenvalue weighted by Crippen LogP contribution is -1.99. The Hall–Kier alpha value is -5.33. The molecule has 5 heterocycles. The molecule has 8 aromatic rings. The van der Waals surface area contributed by atoms with Crippen molar-refractivity contribution in [3.8, 4) is 28.3 Å². The van der Waals surface area contributed by atoms with Crippen LogP contribution in [-0.2, 0) is 0 Å². The Morgan fingerprint density at radius 3 is 2.50 bits per heavy atom. The maximum Gasteiger partial charge on any atom is 0.141 e. The van der Waals surface area contributed by atoms with Crippen molar-refractivity contribution in [1.82, 2.24) is 18.9 Å². The molecular formula is C36H22N4OS. The fourth-order valence-electron chi connectivity index (χ4n) is 6.07. The van der Waals surface area contributed by atoms with Crippen molar-refractivity contribution in [1.29, 1.82) is 0 Å². The lowest BCUT2D eigenvalue weighted by atomic mass is 10.1. The molecule has 0 aliphatic carbocycles. The van der Waals surface area contributed by atoms with E-state index in [4.69, 9.17) is 9.72 Å².